The third-order valence-electron chi connectivity index (χ3n) is 3.97. The Morgan fingerprint density at radius 3 is 2.52 bits per heavy atom. The van der Waals surface area contributed by atoms with E-state index in [-0.39, 0.29) is 6.04 Å². The molecule has 114 valence electrons. The van der Waals surface area contributed by atoms with Crippen molar-refractivity contribution in [2.75, 3.05) is 6.54 Å². The fraction of sp³-hybridized carbons (Fsp3) is 0.500. The van der Waals surface area contributed by atoms with Crippen molar-refractivity contribution in [3.63, 3.8) is 0 Å². The van der Waals surface area contributed by atoms with E-state index in [1.54, 1.807) is 0 Å². The first-order valence-corrected chi connectivity index (χ1v) is 7.97. The molecular formula is C18H27N3. The molecule has 1 aromatic carbocycles. The van der Waals surface area contributed by atoms with Gasteiger partial charge in [0.25, 0.3) is 0 Å². The highest BCUT2D eigenvalue weighted by Crippen LogP contribution is 2.26. The van der Waals surface area contributed by atoms with Crippen LogP contribution in [0, 0.1) is 13.8 Å². The third-order valence-corrected chi connectivity index (χ3v) is 3.97. The molecule has 0 bridgehead atoms. The van der Waals surface area contributed by atoms with Gasteiger partial charge in [-0.2, -0.15) is 5.10 Å². The van der Waals surface area contributed by atoms with Gasteiger partial charge >= 0.3 is 0 Å². The average Bonchev–Trinajstić information content (AvgIpc) is 2.90. The van der Waals surface area contributed by atoms with Gasteiger partial charge in [-0.05, 0) is 50.9 Å². The van der Waals surface area contributed by atoms with E-state index in [2.05, 4.69) is 68.9 Å². The van der Waals surface area contributed by atoms with Crippen LogP contribution in [0.1, 0.15) is 54.9 Å². The van der Waals surface area contributed by atoms with Crippen molar-refractivity contribution < 1.29 is 0 Å². The minimum Gasteiger partial charge on any atom is -0.305 e. The molecule has 0 aliphatic carbocycles. The van der Waals surface area contributed by atoms with E-state index >= 15 is 0 Å². The van der Waals surface area contributed by atoms with E-state index in [1.807, 2.05) is 0 Å². The number of nitrogens with zero attached hydrogens (tertiary/aromatic N) is 2. The van der Waals surface area contributed by atoms with Gasteiger partial charge in [-0.15, -0.1) is 0 Å². The molecule has 2 rings (SSSR count). The normalized spacial score (nSPS) is 12.6. The smallest absolute Gasteiger partial charge is 0.0750 e. The van der Waals surface area contributed by atoms with Crippen molar-refractivity contribution in [3.05, 3.63) is 52.3 Å². The quantitative estimate of drug-likeness (QED) is 0.875. The van der Waals surface area contributed by atoms with Crippen LogP contribution in [0.2, 0.25) is 0 Å². The molecule has 2 aromatic rings. The van der Waals surface area contributed by atoms with Crippen LogP contribution in [0.4, 0.5) is 0 Å². The molecular weight excluding hydrogens is 258 g/mol. The Labute approximate surface area is 128 Å². The first kappa shape index (κ1) is 15.8. The number of nitrogens with one attached hydrogen (secondary N) is 1. The van der Waals surface area contributed by atoms with Crippen LogP contribution >= 0.6 is 0 Å². The predicted molar refractivity (Wildman–Crippen MR) is 88.7 cm³/mol. The van der Waals surface area contributed by atoms with Gasteiger partial charge in [0.1, 0.15) is 0 Å². The largest absolute Gasteiger partial charge is 0.305 e. The van der Waals surface area contributed by atoms with E-state index in [4.69, 9.17) is 5.10 Å². The molecule has 3 heteroatoms. The Morgan fingerprint density at radius 1 is 1.14 bits per heavy atom. The second kappa shape index (κ2) is 6.90. The summed E-state index contributed by atoms with van der Waals surface area (Å²) in [5.74, 6) is 0. The Bertz CT molecular complexity index is 599. The van der Waals surface area contributed by atoms with Crippen molar-refractivity contribution in [1.82, 2.24) is 15.1 Å². The van der Waals surface area contributed by atoms with Gasteiger partial charge < -0.3 is 5.32 Å². The van der Waals surface area contributed by atoms with Crippen LogP contribution in [0.25, 0.3) is 0 Å². The Hall–Kier alpha value is -1.61. The molecule has 0 saturated heterocycles. The van der Waals surface area contributed by atoms with Gasteiger partial charge in [0.15, 0.2) is 0 Å². The van der Waals surface area contributed by atoms with E-state index in [0.29, 0.717) is 0 Å². The second-order valence-corrected chi connectivity index (χ2v) is 5.58. The van der Waals surface area contributed by atoms with Gasteiger partial charge in [0, 0.05) is 6.54 Å². The zero-order chi connectivity index (χ0) is 15.4. The first-order valence-electron chi connectivity index (χ1n) is 7.97. The lowest BCUT2D eigenvalue weighted by atomic mass is 9.96. The third kappa shape index (κ3) is 3.35. The molecule has 0 spiro atoms. The SMILES string of the molecule is CCNC(c1cc(C)ccc1C)c1cc(CC)nn1CC. The van der Waals surface area contributed by atoms with Gasteiger partial charge in [-0.1, -0.05) is 37.6 Å². The number of hydrogen-bond acceptors (Lipinski definition) is 2. The average molecular weight is 285 g/mol. The van der Waals surface area contributed by atoms with Gasteiger partial charge in [-0.3, -0.25) is 4.68 Å². The van der Waals surface area contributed by atoms with Crippen LogP contribution in [-0.4, -0.2) is 16.3 Å². The van der Waals surface area contributed by atoms with E-state index in [0.717, 1.165) is 19.5 Å². The molecule has 1 atom stereocenters. The number of aromatic nitrogens is 2. The van der Waals surface area contributed by atoms with Crippen LogP contribution in [-0.2, 0) is 13.0 Å². The van der Waals surface area contributed by atoms with E-state index < -0.39 is 0 Å². The molecule has 0 aliphatic rings. The highest BCUT2D eigenvalue weighted by atomic mass is 15.3. The lowest BCUT2D eigenvalue weighted by molar-refractivity contribution is 0.539. The highest BCUT2D eigenvalue weighted by molar-refractivity contribution is 5.38. The fourth-order valence-electron chi connectivity index (χ4n) is 2.79. The van der Waals surface area contributed by atoms with Crippen molar-refractivity contribution in [3.8, 4) is 0 Å². The molecule has 1 heterocycles. The molecule has 1 aromatic heterocycles. The summed E-state index contributed by atoms with van der Waals surface area (Å²) in [6.45, 7) is 12.7. The zero-order valence-corrected chi connectivity index (χ0v) is 13.9. The molecule has 1 unspecified atom stereocenters. The monoisotopic (exact) mass is 285 g/mol. The Morgan fingerprint density at radius 2 is 1.90 bits per heavy atom. The van der Waals surface area contributed by atoms with Crippen LogP contribution < -0.4 is 5.32 Å². The van der Waals surface area contributed by atoms with E-state index in [1.165, 1.54) is 28.1 Å². The molecule has 3 nitrogen and oxygen atoms in total. The van der Waals surface area contributed by atoms with Gasteiger partial charge in [0.2, 0.25) is 0 Å². The lowest BCUT2D eigenvalue weighted by Gasteiger charge is -2.22. The molecule has 0 fully saturated rings. The number of aryl methyl sites for hydroxylation is 4. The summed E-state index contributed by atoms with van der Waals surface area (Å²) in [4.78, 5) is 0. The lowest BCUT2D eigenvalue weighted by Crippen LogP contribution is -2.25. The summed E-state index contributed by atoms with van der Waals surface area (Å²) in [6, 6.07) is 9.14. The molecule has 0 amide bonds. The van der Waals surface area contributed by atoms with Crippen molar-refractivity contribution in [2.24, 2.45) is 0 Å². The van der Waals surface area contributed by atoms with Crippen molar-refractivity contribution in [2.45, 2.75) is 53.6 Å². The summed E-state index contributed by atoms with van der Waals surface area (Å²) in [5.41, 5.74) is 6.42. The summed E-state index contributed by atoms with van der Waals surface area (Å²) in [5, 5.41) is 8.34. The minimum atomic E-state index is 0.211. The highest BCUT2D eigenvalue weighted by Gasteiger charge is 2.20. The number of hydrogen-bond donors (Lipinski definition) is 1. The number of benzene rings is 1. The summed E-state index contributed by atoms with van der Waals surface area (Å²) in [6.07, 6.45) is 0.978. The topological polar surface area (TPSA) is 29.9 Å². The fourth-order valence-corrected chi connectivity index (χ4v) is 2.79. The van der Waals surface area contributed by atoms with Crippen LogP contribution in [0.15, 0.2) is 24.3 Å². The van der Waals surface area contributed by atoms with Crippen LogP contribution in [0.5, 0.6) is 0 Å². The Kier molecular flexibility index (Phi) is 5.18. The first-order chi connectivity index (χ1) is 10.1. The summed E-state index contributed by atoms with van der Waals surface area (Å²) >= 11 is 0. The van der Waals surface area contributed by atoms with Gasteiger partial charge in [-0.25, -0.2) is 0 Å². The standard InChI is InChI=1S/C18H27N3/c1-6-15-12-17(21(8-3)20-15)18(19-7-2)16-11-13(4)9-10-14(16)5/h9-12,18-19H,6-8H2,1-5H3. The summed E-state index contributed by atoms with van der Waals surface area (Å²) < 4.78 is 2.13. The molecule has 0 saturated carbocycles. The summed E-state index contributed by atoms with van der Waals surface area (Å²) in [7, 11) is 0. The van der Waals surface area contributed by atoms with Gasteiger partial charge in [0.05, 0.1) is 17.4 Å². The Balaban J connectivity index is 2.52. The predicted octanol–water partition coefficient (Wildman–Crippen LogP) is 3.78. The van der Waals surface area contributed by atoms with Crippen molar-refractivity contribution >= 4 is 0 Å². The molecule has 21 heavy (non-hydrogen) atoms. The maximum atomic E-state index is 4.70. The maximum absolute atomic E-state index is 4.70. The van der Waals surface area contributed by atoms with E-state index in [9.17, 15) is 0 Å². The molecule has 0 aliphatic heterocycles. The molecule has 0 radical (unpaired) electrons. The van der Waals surface area contributed by atoms with Crippen LogP contribution in [0.3, 0.4) is 0 Å². The van der Waals surface area contributed by atoms with Crippen molar-refractivity contribution in [1.29, 1.82) is 0 Å². The maximum Gasteiger partial charge on any atom is 0.0750 e. The molecule has 1 N–H and O–H groups in total. The zero-order valence-electron chi connectivity index (χ0n) is 13.9. The number of rotatable bonds is 6. The second-order valence-electron chi connectivity index (χ2n) is 5.58. The minimum absolute atomic E-state index is 0.211.